The third-order valence-electron chi connectivity index (χ3n) is 4.57. The summed E-state index contributed by atoms with van der Waals surface area (Å²) >= 11 is 0. The average molecular weight is 251 g/mol. The van der Waals surface area contributed by atoms with Gasteiger partial charge in [0.25, 0.3) is 0 Å². The summed E-state index contributed by atoms with van der Waals surface area (Å²) in [6, 6.07) is 2.99. The maximum absolute atomic E-state index is 9.32. The van der Waals surface area contributed by atoms with Gasteiger partial charge in [0, 0.05) is 19.2 Å². The number of rotatable bonds is 5. The fourth-order valence-electron chi connectivity index (χ4n) is 3.30. The molecule has 1 N–H and O–H groups in total. The van der Waals surface area contributed by atoms with Gasteiger partial charge in [-0.25, -0.2) is 0 Å². The molecule has 3 unspecified atom stereocenters. The van der Waals surface area contributed by atoms with Crippen molar-refractivity contribution >= 4 is 0 Å². The van der Waals surface area contributed by atoms with E-state index in [2.05, 4.69) is 23.2 Å². The topological polar surface area (TPSA) is 48.3 Å². The molecule has 2 rings (SSSR count). The van der Waals surface area contributed by atoms with Crippen LogP contribution in [0.1, 0.15) is 39.0 Å². The Morgan fingerprint density at radius 3 is 2.83 bits per heavy atom. The van der Waals surface area contributed by atoms with Crippen LogP contribution >= 0.6 is 0 Å². The third-order valence-corrected chi connectivity index (χ3v) is 4.57. The van der Waals surface area contributed by atoms with E-state index in [4.69, 9.17) is 4.74 Å². The molecule has 102 valence electrons. The lowest BCUT2D eigenvalue weighted by molar-refractivity contribution is 0.0591. The third kappa shape index (κ3) is 2.85. The second kappa shape index (κ2) is 6.01. The molecule has 2 aliphatic rings. The highest BCUT2D eigenvalue weighted by atomic mass is 16.5. The van der Waals surface area contributed by atoms with Crippen LogP contribution < -0.4 is 5.32 Å². The predicted octanol–water partition coefficient (Wildman–Crippen LogP) is 1.52. The van der Waals surface area contributed by atoms with E-state index in [1.807, 2.05) is 7.05 Å². The first-order chi connectivity index (χ1) is 8.73. The zero-order valence-electron chi connectivity index (χ0n) is 11.6. The van der Waals surface area contributed by atoms with Crippen LogP contribution in [0.3, 0.4) is 0 Å². The van der Waals surface area contributed by atoms with Crippen LogP contribution in [-0.4, -0.2) is 49.3 Å². The van der Waals surface area contributed by atoms with E-state index in [1.54, 1.807) is 0 Å². The van der Waals surface area contributed by atoms with Crippen molar-refractivity contribution in [2.24, 2.45) is 0 Å². The molecule has 1 saturated heterocycles. The lowest BCUT2D eigenvalue weighted by Gasteiger charge is -2.30. The molecule has 0 radical (unpaired) electrons. The van der Waals surface area contributed by atoms with Crippen molar-refractivity contribution in [2.45, 2.75) is 56.7 Å². The smallest absolute Gasteiger partial charge is 0.108 e. The Kier molecular flexibility index (Phi) is 4.60. The van der Waals surface area contributed by atoms with Crippen LogP contribution in [-0.2, 0) is 4.74 Å². The van der Waals surface area contributed by atoms with E-state index in [0.717, 1.165) is 39.0 Å². The van der Waals surface area contributed by atoms with E-state index in [-0.39, 0.29) is 5.54 Å². The highest BCUT2D eigenvalue weighted by molar-refractivity contribution is 5.12. The van der Waals surface area contributed by atoms with Crippen molar-refractivity contribution < 1.29 is 4.74 Å². The standard InChI is InChI=1S/C14H25N3O/c1-3-17(10-13-5-4-8-18-13)12-6-7-14(9-12,11-15)16-2/h12-13,16H,3-10H2,1-2H3. The van der Waals surface area contributed by atoms with Gasteiger partial charge in [-0.1, -0.05) is 6.92 Å². The van der Waals surface area contributed by atoms with Crippen molar-refractivity contribution in [3.05, 3.63) is 0 Å². The molecule has 0 aromatic heterocycles. The molecule has 0 spiro atoms. The Bertz CT molecular complexity index is 309. The molecule has 0 amide bonds. The highest BCUT2D eigenvalue weighted by Crippen LogP contribution is 2.33. The van der Waals surface area contributed by atoms with Gasteiger partial charge in [0.1, 0.15) is 5.54 Å². The van der Waals surface area contributed by atoms with Gasteiger partial charge in [0.05, 0.1) is 12.2 Å². The summed E-state index contributed by atoms with van der Waals surface area (Å²) in [7, 11) is 1.90. The Hall–Kier alpha value is -0.630. The van der Waals surface area contributed by atoms with Crippen LogP contribution in [0.25, 0.3) is 0 Å². The second-order valence-electron chi connectivity index (χ2n) is 5.56. The molecule has 1 aliphatic carbocycles. The SMILES string of the molecule is CCN(CC1CCCO1)C1CCC(C#N)(NC)C1. The molecule has 1 aliphatic heterocycles. The van der Waals surface area contributed by atoms with Gasteiger partial charge in [-0.05, 0) is 45.7 Å². The molecule has 1 heterocycles. The van der Waals surface area contributed by atoms with Gasteiger partial charge in [-0.15, -0.1) is 0 Å². The van der Waals surface area contributed by atoms with Crippen LogP contribution in [0, 0.1) is 11.3 Å². The van der Waals surface area contributed by atoms with Gasteiger partial charge in [0.2, 0.25) is 0 Å². The van der Waals surface area contributed by atoms with Crippen LogP contribution in [0.2, 0.25) is 0 Å². The minimum absolute atomic E-state index is 0.297. The van der Waals surface area contributed by atoms with Crippen molar-refractivity contribution in [1.82, 2.24) is 10.2 Å². The van der Waals surface area contributed by atoms with Crippen LogP contribution in [0.4, 0.5) is 0 Å². The summed E-state index contributed by atoms with van der Waals surface area (Å²) in [6.07, 6.45) is 5.84. The molecule has 0 aromatic carbocycles. The summed E-state index contributed by atoms with van der Waals surface area (Å²) in [5.74, 6) is 0. The summed E-state index contributed by atoms with van der Waals surface area (Å²) in [5, 5.41) is 12.5. The van der Waals surface area contributed by atoms with Gasteiger partial charge < -0.3 is 10.1 Å². The first-order valence-electron chi connectivity index (χ1n) is 7.19. The number of likely N-dealkylation sites (N-methyl/N-ethyl adjacent to an activating group) is 1. The van der Waals surface area contributed by atoms with Crippen molar-refractivity contribution in [3.63, 3.8) is 0 Å². The van der Waals surface area contributed by atoms with Gasteiger partial charge in [-0.3, -0.25) is 4.90 Å². The maximum atomic E-state index is 9.32. The lowest BCUT2D eigenvalue weighted by atomic mass is 10.00. The summed E-state index contributed by atoms with van der Waals surface area (Å²) in [4.78, 5) is 2.51. The van der Waals surface area contributed by atoms with E-state index in [9.17, 15) is 5.26 Å². The van der Waals surface area contributed by atoms with Gasteiger partial charge in [0.15, 0.2) is 0 Å². The van der Waals surface area contributed by atoms with Crippen LogP contribution in [0.15, 0.2) is 0 Å². The number of hydrogen-bond donors (Lipinski definition) is 1. The number of nitrogens with one attached hydrogen (secondary N) is 1. The average Bonchev–Trinajstić information content (AvgIpc) is 3.06. The summed E-state index contributed by atoms with van der Waals surface area (Å²) in [6.45, 7) is 5.22. The Labute approximate surface area is 110 Å². The minimum Gasteiger partial charge on any atom is -0.377 e. The zero-order valence-corrected chi connectivity index (χ0v) is 11.6. The molecule has 18 heavy (non-hydrogen) atoms. The molecule has 4 heteroatoms. The number of ether oxygens (including phenoxy) is 1. The molecule has 0 bridgehead atoms. The number of hydrogen-bond acceptors (Lipinski definition) is 4. The van der Waals surface area contributed by atoms with Gasteiger partial charge in [-0.2, -0.15) is 5.26 Å². The molecule has 2 fully saturated rings. The molecule has 4 nitrogen and oxygen atoms in total. The largest absolute Gasteiger partial charge is 0.377 e. The number of nitriles is 1. The first-order valence-corrected chi connectivity index (χ1v) is 7.19. The Balaban J connectivity index is 1.91. The minimum atomic E-state index is -0.297. The quantitative estimate of drug-likeness (QED) is 0.805. The second-order valence-corrected chi connectivity index (χ2v) is 5.56. The molecule has 3 atom stereocenters. The van der Waals surface area contributed by atoms with E-state index < -0.39 is 0 Å². The van der Waals surface area contributed by atoms with Crippen molar-refractivity contribution in [2.75, 3.05) is 26.7 Å². The summed E-state index contributed by atoms with van der Waals surface area (Å²) < 4.78 is 5.73. The predicted molar refractivity (Wildman–Crippen MR) is 71.3 cm³/mol. The molecular weight excluding hydrogens is 226 g/mol. The molecule has 0 aromatic rings. The molecule has 1 saturated carbocycles. The molecular formula is C14H25N3O. The fourth-order valence-corrected chi connectivity index (χ4v) is 3.30. The first kappa shape index (κ1) is 13.8. The van der Waals surface area contributed by atoms with Gasteiger partial charge >= 0.3 is 0 Å². The summed E-state index contributed by atoms with van der Waals surface area (Å²) in [5.41, 5.74) is -0.297. The van der Waals surface area contributed by atoms with Crippen LogP contribution in [0.5, 0.6) is 0 Å². The Morgan fingerprint density at radius 2 is 2.33 bits per heavy atom. The number of nitrogens with zero attached hydrogens (tertiary/aromatic N) is 2. The highest BCUT2D eigenvalue weighted by Gasteiger charge is 2.40. The zero-order chi connectivity index (χ0) is 13.0. The lowest BCUT2D eigenvalue weighted by Crippen LogP contribution is -2.43. The normalized spacial score (nSPS) is 36.1. The van der Waals surface area contributed by atoms with Crippen molar-refractivity contribution in [3.8, 4) is 6.07 Å². The van der Waals surface area contributed by atoms with Crippen molar-refractivity contribution in [1.29, 1.82) is 5.26 Å². The fraction of sp³-hybridized carbons (Fsp3) is 0.929. The maximum Gasteiger partial charge on any atom is 0.108 e. The van der Waals surface area contributed by atoms with E-state index in [1.165, 1.54) is 12.8 Å². The van der Waals surface area contributed by atoms with E-state index in [0.29, 0.717) is 12.1 Å². The van der Waals surface area contributed by atoms with E-state index >= 15 is 0 Å². The monoisotopic (exact) mass is 251 g/mol. The Morgan fingerprint density at radius 1 is 1.50 bits per heavy atom.